The Bertz CT molecular complexity index is 850. The van der Waals surface area contributed by atoms with Gasteiger partial charge in [-0.25, -0.2) is 4.98 Å². The van der Waals surface area contributed by atoms with Gasteiger partial charge in [0, 0.05) is 11.3 Å². The Morgan fingerprint density at radius 2 is 2.04 bits per heavy atom. The van der Waals surface area contributed by atoms with E-state index in [-0.39, 0.29) is 16.9 Å². The SMILES string of the molecule is CCC1CCc2nc(N)c(C#N)c(-c3ccccc3C(F)(F)F)c2C1. The summed E-state index contributed by atoms with van der Waals surface area (Å²) in [6.07, 6.45) is -1.35. The molecule has 0 radical (unpaired) electrons. The maximum absolute atomic E-state index is 13.5. The largest absolute Gasteiger partial charge is 0.417 e. The minimum atomic E-state index is -4.51. The van der Waals surface area contributed by atoms with Gasteiger partial charge >= 0.3 is 6.18 Å². The van der Waals surface area contributed by atoms with Crippen molar-refractivity contribution in [2.75, 3.05) is 5.73 Å². The molecule has 1 atom stereocenters. The van der Waals surface area contributed by atoms with Crippen molar-refractivity contribution in [1.29, 1.82) is 5.26 Å². The first kappa shape index (κ1) is 17.3. The van der Waals surface area contributed by atoms with Crippen LogP contribution < -0.4 is 5.73 Å². The molecule has 0 aliphatic heterocycles. The van der Waals surface area contributed by atoms with Crippen molar-refractivity contribution in [3.63, 3.8) is 0 Å². The van der Waals surface area contributed by atoms with Crippen LogP contribution in [0.25, 0.3) is 11.1 Å². The summed E-state index contributed by atoms with van der Waals surface area (Å²) >= 11 is 0. The van der Waals surface area contributed by atoms with Crippen LogP contribution >= 0.6 is 0 Å². The van der Waals surface area contributed by atoms with Gasteiger partial charge in [0.15, 0.2) is 0 Å². The molecule has 0 saturated heterocycles. The summed E-state index contributed by atoms with van der Waals surface area (Å²) in [6, 6.07) is 7.32. The molecule has 0 bridgehead atoms. The summed E-state index contributed by atoms with van der Waals surface area (Å²) in [5.41, 5.74) is 6.95. The molecule has 1 aliphatic carbocycles. The normalized spacial score (nSPS) is 17.0. The molecule has 1 unspecified atom stereocenters. The van der Waals surface area contributed by atoms with E-state index >= 15 is 0 Å². The third-order valence-corrected chi connectivity index (χ3v) is 4.88. The molecule has 0 amide bonds. The second kappa shape index (κ2) is 6.40. The number of pyridine rings is 1. The lowest BCUT2D eigenvalue weighted by Crippen LogP contribution is -2.19. The molecule has 0 saturated carbocycles. The van der Waals surface area contributed by atoms with Gasteiger partial charge in [-0.2, -0.15) is 18.4 Å². The number of anilines is 1. The molecule has 1 aromatic carbocycles. The molecule has 1 aromatic heterocycles. The number of nitrogens with zero attached hydrogens (tertiary/aromatic N) is 2. The predicted octanol–water partition coefficient (Wildman–Crippen LogP) is 4.74. The van der Waals surface area contributed by atoms with E-state index in [1.165, 1.54) is 12.1 Å². The van der Waals surface area contributed by atoms with E-state index in [4.69, 9.17) is 5.73 Å². The summed E-state index contributed by atoms with van der Waals surface area (Å²) < 4.78 is 40.5. The number of aromatic nitrogens is 1. The topological polar surface area (TPSA) is 62.7 Å². The molecule has 25 heavy (non-hydrogen) atoms. The molecule has 0 spiro atoms. The summed E-state index contributed by atoms with van der Waals surface area (Å²) in [5.74, 6) is 0.379. The molecular formula is C19H18F3N3. The Hall–Kier alpha value is -2.55. The summed E-state index contributed by atoms with van der Waals surface area (Å²) in [7, 11) is 0. The number of benzene rings is 1. The first-order valence-electron chi connectivity index (χ1n) is 8.24. The Balaban J connectivity index is 2.34. The van der Waals surface area contributed by atoms with Gasteiger partial charge < -0.3 is 5.73 Å². The second-order valence-electron chi connectivity index (χ2n) is 6.34. The fourth-order valence-electron chi connectivity index (χ4n) is 3.56. The highest BCUT2D eigenvalue weighted by atomic mass is 19.4. The van der Waals surface area contributed by atoms with Crippen molar-refractivity contribution >= 4 is 5.82 Å². The van der Waals surface area contributed by atoms with Crippen LogP contribution in [-0.2, 0) is 19.0 Å². The summed E-state index contributed by atoms with van der Waals surface area (Å²) in [6.45, 7) is 2.06. The molecular weight excluding hydrogens is 327 g/mol. The highest BCUT2D eigenvalue weighted by Gasteiger charge is 2.36. The number of hydrogen-bond donors (Lipinski definition) is 1. The molecule has 130 valence electrons. The average molecular weight is 345 g/mol. The minimum Gasteiger partial charge on any atom is -0.383 e. The van der Waals surface area contributed by atoms with Gasteiger partial charge in [-0.15, -0.1) is 0 Å². The van der Waals surface area contributed by atoms with Crippen LogP contribution in [0.5, 0.6) is 0 Å². The molecule has 1 aliphatic rings. The second-order valence-corrected chi connectivity index (χ2v) is 6.34. The lowest BCUT2D eigenvalue weighted by Gasteiger charge is -2.27. The highest BCUT2D eigenvalue weighted by molar-refractivity contribution is 5.81. The number of halogens is 3. The maximum Gasteiger partial charge on any atom is 0.417 e. The van der Waals surface area contributed by atoms with Crippen molar-refractivity contribution in [3.05, 3.63) is 46.6 Å². The predicted molar refractivity (Wildman–Crippen MR) is 89.6 cm³/mol. The Morgan fingerprint density at radius 3 is 2.68 bits per heavy atom. The molecule has 3 rings (SSSR count). The molecule has 1 heterocycles. The van der Waals surface area contributed by atoms with Gasteiger partial charge in [0.05, 0.1) is 5.56 Å². The van der Waals surface area contributed by atoms with Crippen LogP contribution in [0.2, 0.25) is 0 Å². The van der Waals surface area contributed by atoms with Crippen LogP contribution in [0.1, 0.15) is 42.1 Å². The molecule has 2 N–H and O–H groups in total. The first-order chi connectivity index (χ1) is 11.9. The quantitative estimate of drug-likeness (QED) is 0.855. The van der Waals surface area contributed by atoms with Crippen LogP contribution in [0, 0.1) is 17.2 Å². The summed E-state index contributed by atoms with van der Waals surface area (Å²) in [4.78, 5) is 4.31. The fraction of sp³-hybridized carbons (Fsp3) is 0.368. The molecule has 6 heteroatoms. The van der Waals surface area contributed by atoms with E-state index in [0.717, 1.165) is 24.5 Å². The first-order valence-corrected chi connectivity index (χ1v) is 8.24. The van der Waals surface area contributed by atoms with Crippen LogP contribution in [0.4, 0.5) is 19.0 Å². The van der Waals surface area contributed by atoms with Crippen molar-refractivity contribution in [2.45, 2.75) is 38.8 Å². The van der Waals surface area contributed by atoms with Crippen LogP contribution in [0.15, 0.2) is 24.3 Å². The number of rotatable bonds is 2. The van der Waals surface area contributed by atoms with Gasteiger partial charge in [-0.1, -0.05) is 31.5 Å². The Labute approximate surface area is 144 Å². The van der Waals surface area contributed by atoms with E-state index in [2.05, 4.69) is 11.9 Å². The van der Waals surface area contributed by atoms with Crippen LogP contribution in [-0.4, -0.2) is 4.98 Å². The molecule has 2 aromatic rings. The van der Waals surface area contributed by atoms with E-state index in [1.807, 2.05) is 6.07 Å². The number of hydrogen-bond acceptors (Lipinski definition) is 3. The zero-order valence-electron chi connectivity index (χ0n) is 13.8. The molecule has 0 fully saturated rings. The third-order valence-electron chi connectivity index (χ3n) is 4.88. The van der Waals surface area contributed by atoms with E-state index in [9.17, 15) is 18.4 Å². The number of aryl methyl sites for hydroxylation is 1. The third kappa shape index (κ3) is 3.07. The number of nitrogens with two attached hydrogens (primary N) is 1. The van der Waals surface area contributed by atoms with Gasteiger partial charge in [-0.05, 0) is 42.4 Å². The van der Waals surface area contributed by atoms with E-state index in [1.54, 1.807) is 6.07 Å². The number of fused-ring (bicyclic) bond motifs is 1. The van der Waals surface area contributed by atoms with Gasteiger partial charge in [0.25, 0.3) is 0 Å². The monoisotopic (exact) mass is 345 g/mol. The maximum atomic E-state index is 13.5. The fourth-order valence-corrected chi connectivity index (χ4v) is 3.56. The van der Waals surface area contributed by atoms with Gasteiger partial charge in [0.2, 0.25) is 0 Å². The van der Waals surface area contributed by atoms with Crippen molar-refractivity contribution in [3.8, 4) is 17.2 Å². The highest BCUT2D eigenvalue weighted by Crippen LogP contribution is 2.43. The molecule has 3 nitrogen and oxygen atoms in total. The number of alkyl halides is 3. The lowest BCUT2D eigenvalue weighted by molar-refractivity contribution is -0.137. The lowest BCUT2D eigenvalue weighted by atomic mass is 9.79. The zero-order chi connectivity index (χ0) is 18.2. The average Bonchev–Trinajstić information content (AvgIpc) is 2.59. The Morgan fingerprint density at radius 1 is 1.32 bits per heavy atom. The van der Waals surface area contributed by atoms with E-state index < -0.39 is 11.7 Å². The zero-order valence-corrected chi connectivity index (χ0v) is 13.8. The van der Waals surface area contributed by atoms with Crippen molar-refractivity contribution in [1.82, 2.24) is 4.98 Å². The standard InChI is InChI=1S/C19H18F3N3/c1-2-11-7-8-16-13(9-11)17(14(10-23)18(24)25-16)12-5-3-4-6-15(12)19(20,21)22/h3-6,11H,2,7-9H2,1H3,(H2,24,25). The van der Waals surface area contributed by atoms with Crippen molar-refractivity contribution in [2.24, 2.45) is 5.92 Å². The Kier molecular flexibility index (Phi) is 4.42. The number of nitriles is 1. The number of nitrogen functional groups attached to an aromatic ring is 1. The minimum absolute atomic E-state index is 0.00294. The van der Waals surface area contributed by atoms with Crippen molar-refractivity contribution < 1.29 is 13.2 Å². The van der Waals surface area contributed by atoms with Gasteiger partial charge in [0.1, 0.15) is 17.5 Å². The van der Waals surface area contributed by atoms with E-state index in [0.29, 0.717) is 30.0 Å². The van der Waals surface area contributed by atoms with Crippen LogP contribution in [0.3, 0.4) is 0 Å². The van der Waals surface area contributed by atoms with Gasteiger partial charge in [-0.3, -0.25) is 0 Å². The smallest absolute Gasteiger partial charge is 0.383 e. The summed E-state index contributed by atoms with van der Waals surface area (Å²) in [5, 5.41) is 9.53.